The van der Waals surface area contributed by atoms with Crippen molar-refractivity contribution in [1.82, 2.24) is 19.7 Å². The van der Waals surface area contributed by atoms with Crippen LogP contribution < -0.4 is 10.5 Å². The summed E-state index contributed by atoms with van der Waals surface area (Å²) in [6.45, 7) is 0.839. The summed E-state index contributed by atoms with van der Waals surface area (Å²) in [7, 11) is 0. The topological polar surface area (TPSA) is 78.4 Å². The Hall–Kier alpha value is -2.26. The summed E-state index contributed by atoms with van der Waals surface area (Å²) >= 11 is 0. The number of hydrogen-bond donors (Lipinski definition) is 1. The Kier molecular flexibility index (Phi) is 5.06. The minimum absolute atomic E-state index is 0.0325. The summed E-state index contributed by atoms with van der Waals surface area (Å²) in [5, 5.41) is 5.04. The van der Waals surface area contributed by atoms with Gasteiger partial charge in [0.25, 0.3) is 0 Å². The van der Waals surface area contributed by atoms with Gasteiger partial charge in [0, 0.05) is 36.8 Å². The first-order valence-corrected chi connectivity index (χ1v) is 11.7. The summed E-state index contributed by atoms with van der Waals surface area (Å²) < 4.78 is 37.7. The Morgan fingerprint density at radius 3 is 2.50 bits per heavy atom. The first-order chi connectivity index (χ1) is 15.6. The molecule has 1 aliphatic heterocycles. The molecule has 3 heterocycles. The van der Waals surface area contributed by atoms with E-state index in [1.54, 1.807) is 12.3 Å². The SMILES string of the molecule is Nc1ncc(-c2cc([C@H]3[C@@H]4C[C@@H](N5CCOCC5)C[C@@H]43)nn2C2CCC2)cc1OC(F)F. The highest BCUT2D eigenvalue weighted by atomic mass is 19.3. The van der Waals surface area contributed by atoms with Gasteiger partial charge in [0.15, 0.2) is 11.6 Å². The zero-order chi connectivity index (χ0) is 21.8. The van der Waals surface area contributed by atoms with Crippen molar-refractivity contribution in [2.24, 2.45) is 11.8 Å². The summed E-state index contributed by atoms with van der Waals surface area (Å²) in [6.07, 6.45) is 7.47. The standard InChI is InChI=1S/C23H29F2N5O2/c24-23(25)32-20-8-13(12-27-22(20)26)19-11-18(28-30(19)14-2-1-3-14)21-16-9-15(10-17(16)21)29-4-6-31-7-5-29/h8,11-12,14-17,21,23H,1-7,9-10H2,(H2,26,27)/t15-,16-,17+,21+. The number of fused-ring (bicyclic) bond motifs is 1. The largest absolute Gasteiger partial charge is 0.431 e. The van der Waals surface area contributed by atoms with E-state index in [0.29, 0.717) is 29.8 Å². The number of nitrogens with two attached hydrogens (primary N) is 1. The molecule has 4 aliphatic rings. The lowest BCUT2D eigenvalue weighted by molar-refractivity contribution is -0.0494. The Labute approximate surface area is 185 Å². The third-order valence-electron chi connectivity index (χ3n) is 7.89. The number of ether oxygens (including phenoxy) is 2. The average molecular weight is 446 g/mol. The number of hydrogen-bond acceptors (Lipinski definition) is 6. The predicted octanol–water partition coefficient (Wildman–Crippen LogP) is 3.68. The van der Waals surface area contributed by atoms with Crippen molar-refractivity contribution in [2.45, 2.75) is 56.7 Å². The number of pyridine rings is 1. The average Bonchev–Trinajstić information content (AvgIpc) is 3.08. The highest BCUT2D eigenvalue weighted by Crippen LogP contribution is 2.64. The third kappa shape index (κ3) is 3.55. The van der Waals surface area contributed by atoms with Crippen molar-refractivity contribution >= 4 is 5.82 Å². The van der Waals surface area contributed by atoms with Crippen LogP contribution in [-0.4, -0.2) is 58.6 Å². The number of anilines is 1. The Morgan fingerprint density at radius 2 is 1.84 bits per heavy atom. The molecule has 0 bridgehead atoms. The Balaban J connectivity index is 1.24. The van der Waals surface area contributed by atoms with Crippen molar-refractivity contribution < 1.29 is 18.3 Å². The van der Waals surface area contributed by atoms with Crippen LogP contribution in [0.1, 0.15) is 49.8 Å². The molecule has 2 aromatic heterocycles. The molecule has 0 radical (unpaired) electrons. The fourth-order valence-electron chi connectivity index (χ4n) is 5.98. The molecule has 172 valence electrons. The fourth-order valence-corrected chi connectivity index (χ4v) is 5.98. The number of alkyl halides is 2. The normalized spacial score (nSPS) is 30.3. The van der Waals surface area contributed by atoms with E-state index < -0.39 is 6.61 Å². The number of rotatable bonds is 6. The lowest BCUT2D eigenvalue weighted by atomic mass is 9.93. The van der Waals surface area contributed by atoms with Gasteiger partial charge in [-0.3, -0.25) is 9.58 Å². The molecule has 1 saturated heterocycles. The van der Waals surface area contributed by atoms with Crippen LogP contribution in [0.25, 0.3) is 11.3 Å². The van der Waals surface area contributed by atoms with Crippen LogP contribution in [0.15, 0.2) is 18.3 Å². The van der Waals surface area contributed by atoms with E-state index in [-0.39, 0.29) is 11.6 Å². The predicted molar refractivity (Wildman–Crippen MR) is 115 cm³/mol. The minimum Gasteiger partial charge on any atom is -0.431 e. The van der Waals surface area contributed by atoms with E-state index in [1.807, 2.05) is 0 Å². The van der Waals surface area contributed by atoms with Gasteiger partial charge < -0.3 is 15.2 Å². The first-order valence-electron chi connectivity index (χ1n) is 11.7. The van der Waals surface area contributed by atoms with Gasteiger partial charge >= 0.3 is 6.61 Å². The summed E-state index contributed by atoms with van der Waals surface area (Å²) in [5.41, 5.74) is 8.52. The highest BCUT2D eigenvalue weighted by molar-refractivity contribution is 5.65. The monoisotopic (exact) mass is 445 g/mol. The van der Waals surface area contributed by atoms with Crippen molar-refractivity contribution in [3.05, 3.63) is 24.0 Å². The molecule has 0 aromatic carbocycles. The van der Waals surface area contributed by atoms with Crippen LogP contribution in [0.5, 0.6) is 5.75 Å². The zero-order valence-electron chi connectivity index (χ0n) is 18.0. The molecule has 6 rings (SSSR count). The van der Waals surface area contributed by atoms with Crippen LogP contribution >= 0.6 is 0 Å². The molecule has 7 nitrogen and oxygen atoms in total. The molecule has 3 aliphatic carbocycles. The maximum absolute atomic E-state index is 12.8. The molecule has 0 spiro atoms. The van der Waals surface area contributed by atoms with Crippen LogP contribution in [0.2, 0.25) is 0 Å². The number of aromatic nitrogens is 3. The second kappa shape index (κ2) is 7.95. The Bertz CT molecular complexity index is 977. The van der Waals surface area contributed by atoms with E-state index in [4.69, 9.17) is 15.6 Å². The summed E-state index contributed by atoms with van der Waals surface area (Å²) in [5.74, 6) is 1.78. The lowest BCUT2D eigenvalue weighted by Crippen LogP contribution is -2.43. The second-order valence-electron chi connectivity index (χ2n) is 9.60. The smallest absolute Gasteiger partial charge is 0.387 e. The van der Waals surface area contributed by atoms with E-state index in [1.165, 1.54) is 19.3 Å². The van der Waals surface area contributed by atoms with Gasteiger partial charge in [-0.05, 0) is 56.1 Å². The summed E-state index contributed by atoms with van der Waals surface area (Å²) in [4.78, 5) is 6.70. The molecule has 0 unspecified atom stereocenters. The molecule has 4 fully saturated rings. The van der Waals surface area contributed by atoms with E-state index in [9.17, 15) is 8.78 Å². The Morgan fingerprint density at radius 1 is 1.09 bits per heavy atom. The number of halogens is 2. The van der Waals surface area contributed by atoms with Gasteiger partial charge in [-0.2, -0.15) is 13.9 Å². The van der Waals surface area contributed by atoms with E-state index in [0.717, 1.165) is 56.1 Å². The molecule has 4 atom stereocenters. The van der Waals surface area contributed by atoms with E-state index >= 15 is 0 Å². The molecular weight excluding hydrogens is 416 g/mol. The molecule has 3 saturated carbocycles. The number of morpholine rings is 1. The number of nitrogen functional groups attached to an aromatic ring is 1. The van der Waals surface area contributed by atoms with Gasteiger partial charge in [0.2, 0.25) is 0 Å². The second-order valence-corrected chi connectivity index (χ2v) is 9.60. The van der Waals surface area contributed by atoms with Gasteiger partial charge in [0.1, 0.15) is 0 Å². The van der Waals surface area contributed by atoms with Gasteiger partial charge in [0.05, 0.1) is 30.6 Å². The maximum atomic E-state index is 12.8. The van der Waals surface area contributed by atoms with Crippen molar-refractivity contribution in [1.29, 1.82) is 0 Å². The first kappa shape index (κ1) is 20.4. The maximum Gasteiger partial charge on any atom is 0.387 e. The molecular formula is C23H29F2N5O2. The lowest BCUT2D eigenvalue weighted by Gasteiger charge is -2.33. The molecule has 2 N–H and O–H groups in total. The minimum atomic E-state index is -2.94. The molecule has 2 aromatic rings. The highest BCUT2D eigenvalue weighted by Gasteiger charge is 2.58. The number of nitrogens with zero attached hydrogens (tertiary/aromatic N) is 4. The molecule has 0 amide bonds. The van der Waals surface area contributed by atoms with Crippen LogP contribution in [0, 0.1) is 11.8 Å². The zero-order valence-corrected chi connectivity index (χ0v) is 18.0. The van der Waals surface area contributed by atoms with Crippen LogP contribution in [0.4, 0.5) is 14.6 Å². The van der Waals surface area contributed by atoms with Gasteiger partial charge in [-0.25, -0.2) is 4.98 Å². The van der Waals surface area contributed by atoms with E-state index in [2.05, 4.69) is 25.4 Å². The molecule has 32 heavy (non-hydrogen) atoms. The van der Waals surface area contributed by atoms with Crippen LogP contribution in [-0.2, 0) is 4.74 Å². The van der Waals surface area contributed by atoms with Crippen molar-refractivity contribution in [3.63, 3.8) is 0 Å². The van der Waals surface area contributed by atoms with Gasteiger partial charge in [-0.1, -0.05) is 0 Å². The molecule has 9 heteroatoms. The quantitative estimate of drug-likeness (QED) is 0.731. The summed E-state index contributed by atoms with van der Waals surface area (Å²) in [6, 6.07) is 4.74. The van der Waals surface area contributed by atoms with Crippen LogP contribution in [0.3, 0.4) is 0 Å². The third-order valence-corrected chi connectivity index (χ3v) is 7.89. The van der Waals surface area contributed by atoms with Crippen molar-refractivity contribution in [2.75, 3.05) is 32.0 Å². The van der Waals surface area contributed by atoms with Gasteiger partial charge in [-0.15, -0.1) is 0 Å². The van der Waals surface area contributed by atoms with Crippen molar-refractivity contribution in [3.8, 4) is 17.0 Å². The fraction of sp³-hybridized carbons (Fsp3) is 0.652.